The number of benzene rings is 1. The average Bonchev–Trinajstić information content (AvgIpc) is 2.77. The summed E-state index contributed by atoms with van der Waals surface area (Å²) in [6.45, 7) is 4.01. The molecule has 0 heterocycles. The van der Waals surface area contributed by atoms with Gasteiger partial charge < -0.3 is 9.64 Å². The van der Waals surface area contributed by atoms with Gasteiger partial charge in [0.05, 0.1) is 0 Å². The van der Waals surface area contributed by atoms with Crippen LogP contribution in [0.2, 0.25) is 0 Å². The first-order valence-corrected chi connectivity index (χ1v) is 11.8. The van der Waals surface area contributed by atoms with Gasteiger partial charge in [-0.05, 0) is 57.2 Å². The lowest BCUT2D eigenvalue weighted by atomic mass is 9.77. The van der Waals surface area contributed by atoms with Crippen molar-refractivity contribution in [3.63, 3.8) is 0 Å². The summed E-state index contributed by atoms with van der Waals surface area (Å²) in [5, 5.41) is 0. The van der Waals surface area contributed by atoms with Gasteiger partial charge in [-0.15, -0.1) is 0 Å². The largest absolute Gasteiger partial charge is 0.456 e. The van der Waals surface area contributed by atoms with Crippen molar-refractivity contribution in [2.45, 2.75) is 76.1 Å². The molecule has 0 amide bonds. The van der Waals surface area contributed by atoms with E-state index >= 15 is 0 Å². The Hall–Kier alpha value is -1.89. The Kier molecular flexibility index (Phi) is 9.95. The monoisotopic (exact) mass is 471 g/mol. The Morgan fingerprint density at radius 3 is 2.21 bits per heavy atom. The predicted octanol–water partition coefficient (Wildman–Crippen LogP) is 6.93. The molecular weight excluding hydrogens is 434 g/mol. The number of esters is 1. The van der Waals surface area contributed by atoms with Crippen molar-refractivity contribution in [2.24, 2.45) is 5.92 Å². The molecule has 0 unspecified atom stereocenters. The summed E-state index contributed by atoms with van der Waals surface area (Å²) in [5.74, 6) is -9.12. The summed E-state index contributed by atoms with van der Waals surface area (Å²) in [7, 11) is 3.31. The Balaban J connectivity index is 1.95. The Morgan fingerprint density at radius 2 is 1.67 bits per heavy atom. The molecule has 1 aromatic carbocycles. The second-order valence-corrected chi connectivity index (χ2v) is 9.53. The first kappa shape index (κ1) is 27.4. The molecule has 186 valence electrons. The van der Waals surface area contributed by atoms with Crippen LogP contribution in [0.5, 0.6) is 0 Å². The fourth-order valence-electron chi connectivity index (χ4n) is 4.44. The first-order valence-electron chi connectivity index (χ1n) is 11.8. The lowest BCUT2D eigenvalue weighted by Crippen LogP contribution is -2.43. The fraction of sp³-hybridized carbons (Fsp3) is 0.654. The Bertz CT molecular complexity index is 769. The van der Waals surface area contributed by atoms with E-state index in [0.717, 1.165) is 49.3 Å². The molecule has 1 aliphatic rings. The van der Waals surface area contributed by atoms with Crippen LogP contribution in [-0.2, 0) is 15.5 Å². The highest BCUT2D eigenvalue weighted by Gasteiger charge is 2.58. The van der Waals surface area contributed by atoms with Crippen LogP contribution < -0.4 is 0 Å². The summed E-state index contributed by atoms with van der Waals surface area (Å²) in [4.78, 5) is 13.4. The third-order valence-corrected chi connectivity index (χ3v) is 6.45. The Labute approximate surface area is 195 Å². The molecule has 0 bridgehead atoms. The van der Waals surface area contributed by atoms with E-state index in [9.17, 15) is 22.4 Å². The van der Waals surface area contributed by atoms with Gasteiger partial charge in [-0.3, -0.25) is 0 Å². The van der Waals surface area contributed by atoms with E-state index in [4.69, 9.17) is 0 Å². The van der Waals surface area contributed by atoms with Crippen LogP contribution in [0.1, 0.15) is 75.3 Å². The van der Waals surface area contributed by atoms with Gasteiger partial charge in [0.15, 0.2) is 6.61 Å². The van der Waals surface area contributed by atoms with Gasteiger partial charge in [0, 0.05) is 17.7 Å². The van der Waals surface area contributed by atoms with E-state index in [1.165, 1.54) is 37.8 Å². The highest BCUT2D eigenvalue weighted by molar-refractivity contribution is 5.88. The molecule has 3 nitrogen and oxygen atoms in total. The fourth-order valence-corrected chi connectivity index (χ4v) is 4.44. The van der Waals surface area contributed by atoms with Gasteiger partial charge in [0.2, 0.25) is 0 Å². The van der Waals surface area contributed by atoms with Crippen molar-refractivity contribution in [3.05, 3.63) is 47.5 Å². The van der Waals surface area contributed by atoms with Crippen molar-refractivity contribution in [2.75, 3.05) is 27.2 Å². The molecule has 33 heavy (non-hydrogen) atoms. The lowest BCUT2D eigenvalue weighted by Gasteiger charge is -2.30. The minimum absolute atomic E-state index is 0.0800. The molecule has 0 N–H and O–H groups in total. The van der Waals surface area contributed by atoms with Crippen molar-refractivity contribution in [3.8, 4) is 0 Å². The minimum Gasteiger partial charge on any atom is -0.456 e. The van der Waals surface area contributed by atoms with Gasteiger partial charge in [-0.1, -0.05) is 63.5 Å². The van der Waals surface area contributed by atoms with Crippen LogP contribution in [0.4, 0.5) is 17.6 Å². The number of alkyl halides is 4. The van der Waals surface area contributed by atoms with E-state index in [-0.39, 0.29) is 18.0 Å². The number of hydrogen-bond acceptors (Lipinski definition) is 3. The summed E-state index contributed by atoms with van der Waals surface area (Å²) in [6, 6.07) is 5.21. The molecule has 1 aromatic rings. The van der Waals surface area contributed by atoms with E-state index in [0.29, 0.717) is 0 Å². The van der Waals surface area contributed by atoms with Crippen LogP contribution in [0.25, 0.3) is 0 Å². The number of halogens is 4. The molecule has 0 aliphatic heterocycles. The second kappa shape index (κ2) is 12.0. The number of nitrogens with zero attached hydrogens (tertiary/aromatic N) is 1. The van der Waals surface area contributed by atoms with Crippen LogP contribution in [-0.4, -0.2) is 44.0 Å². The summed E-state index contributed by atoms with van der Waals surface area (Å²) < 4.78 is 62.3. The molecular formula is C26H37F4NO2. The van der Waals surface area contributed by atoms with Crippen molar-refractivity contribution >= 4 is 5.97 Å². The van der Waals surface area contributed by atoms with Crippen molar-refractivity contribution < 1.29 is 27.1 Å². The van der Waals surface area contributed by atoms with E-state index in [1.54, 1.807) is 19.0 Å². The van der Waals surface area contributed by atoms with Crippen molar-refractivity contribution in [1.29, 1.82) is 0 Å². The highest BCUT2D eigenvalue weighted by atomic mass is 19.3. The number of ether oxygens (including phenoxy) is 1. The van der Waals surface area contributed by atoms with Crippen LogP contribution in [0, 0.1) is 5.92 Å². The maximum Gasteiger partial charge on any atom is 0.347 e. The van der Waals surface area contributed by atoms with E-state index in [2.05, 4.69) is 18.2 Å². The first-order chi connectivity index (χ1) is 15.5. The quantitative estimate of drug-likeness (QED) is 0.143. The van der Waals surface area contributed by atoms with Gasteiger partial charge in [0.1, 0.15) is 0 Å². The molecule has 0 saturated heterocycles. The minimum atomic E-state index is -4.54. The second-order valence-electron chi connectivity index (χ2n) is 9.53. The van der Waals surface area contributed by atoms with Crippen LogP contribution in [0.3, 0.4) is 0 Å². The van der Waals surface area contributed by atoms with Crippen LogP contribution >= 0.6 is 0 Å². The smallest absolute Gasteiger partial charge is 0.347 e. The zero-order valence-corrected chi connectivity index (χ0v) is 20.0. The number of unbranched alkanes of at least 4 members (excludes halogenated alkanes) is 2. The third-order valence-electron chi connectivity index (χ3n) is 6.45. The van der Waals surface area contributed by atoms with Gasteiger partial charge in [0.25, 0.3) is 0 Å². The molecule has 0 atom stereocenters. The molecule has 1 aliphatic carbocycles. The number of likely N-dealkylation sites (N-methyl/N-ethyl adjacent to an activating group) is 1. The molecule has 1 fully saturated rings. The molecule has 0 spiro atoms. The number of hydrogen-bond donors (Lipinski definition) is 0. The predicted molar refractivity (Wildman–Crippen MR) is 123 cm³/mol. The Morgan fingerprint density at radius 1 is 1.06 bits per heavy atom. The summed E-state index contributed by atoms with van der Waals surface area (Å²) in [6.07, 6.45) is 9.19. The highest BCUT2D eigenvalue weighted by Crippen LogP contribution is 2.44. The number of rotatable bonds is 12. The molecule has 0 aromatic heterocycles. The zero-order valence-electron chi connectivity index (χ0n) is 20.0. The molecule has 7 heteroatoms. The zero-order chi connectivity index (χ0) is 24.6. The standard InChI is InChI=1S/C26H37F4NO2/c1-5-6-7-8-20-9-11-21(12-10-20)22-13-15-23(16-14-22)26(29,30)25(27,28)18-33-24(32)19(2)17-31(3)4/h13-16,20-21H,2,5-12,17-18H2,1,3-4H3. The van der Waals surface area contributed by atoms with E-state index < -0.39 is 30.0 Å². The van der Waals surface area contributed by atoms with Crippen LogP contribution in [0.15, 0.2) is 36.4 Å². The average molecular weight is 472 g/mol. The summed E-state index contributed by atoms with van der Waals surface area (Å²) >= 11 is 0. The normalized spacial score (nSPS) is 19.5. The van der Waals surface area contributed by atoms with Gasteiger partial charge in [-0.25, -0.2) is 4.79 Å². The SMILES string of the molecule is C=C(CN(C)C)C(=O)OCC(F)(F)C(F)(F)c1ccc(C2CCC(CCCCC)CC2)cc1. The van der Waals surface area contributed by atoms with Gasteiger partial charge in [-0.2, -0.15) is 17.6 Å². The molecule has 1 saturated carbocycles. The lowest BCUT2D eigenvalue weighted by molar-refractivity contribution is -0.237. The van der Waals surface area contributed by atoms with Crippen molar-refractivity contribution in [1.82, 2.24) is 4.90 Å². The molecule has 0 radical (unpaired) electrons. The molecule has 2 rings (SSSR count). The number of carbonyl (C=O) groups is 1. The topological polar surface area (TPSA) is 29.5 Å². The third kappa shape index (κ3) is 7.56. The number of carbonyl (C=O) groups excluding carboxylic acids is 1. The maximum absolute atomic E-state index is 14.6. The van der Waals surface area contributed by atoms with Gasteiger partial charge >= 0.3 is 17.8 Å². The van der Waals surface area contributed by atoms with E-state index in [1.807, 2.05) is 0 Å². The maximum atomic E-state index is 14.6. The summed E-state index contributed by atoms with van der Waals surface area (Å²) in [5.41, 5.74) is 0.0486.